The molecule has 1 heterocycles. The fraction of sp³-hybridized carbons (Fsp3) is 0.625. The highest BCUT2D eigenvalue weighted by molar-refractivity contribution is 5.44. The molecule has 0 saturated carbocycles. The van der Waals surface area contributed by atoms with Gasteiger partial charge in [-0.25, -0.2) is 0 Å². The Kier molecular flexibility index (Phi) is 3.79. The molecule has 1 aromatic carbocycles. The van der Waals surface area contributed by atoms with Crippen molar-refractivity contribution in [1.29, 1.82) is 0 Å². The normalized spacial score (nSPS) is 19.4. The van der Waals surface area contributed by atoms with Gasteiger partial charge in [-0.3, -0.25) is 0 Å². The highest BCUT2D eigenvalue weighted by Crippen LogP contribution is 2.43. The van der Waals surface area contributed by atoms with Crippen LogP contribution in [0.15, 0.2) is 12.1 Å². The first-order chi connectivity index (χ1) is 8.56. The molecule has 100 valence electrons. The number of ether oxygens (including phenoxy) is 1. The summed E-state index contributed by atoms with van der Waals surface area (Å²) >= 11 is 0. The van der Waals surface area contributed by atoms with Crippen LogP contribution in [0.2, 0.25) is 0 Å². The van der Waals surface area contributed by atoms with Crippen molar-refractivity contribution in [3.05, 3.63) is 34.4 Å². The smallest absolute Gasteiger partial charge is 0.0588 e. The molecule has 1 aromatic rings. The molecule has 0 aliphatic carbocycles. The van der Waals surface area contributed by atoms with Gasteiger partial charge in [0.15, 0.2) is 0 Å². The Bertz CT molecular complexity index is 431. The van der Waals surface area contributed by atoms with E-state index in [1.807, 2.05) is 0 Å². The van der Waals surface area contributed by atoms with E-state index in [-0.39, 0.29) is 5.41 Å². The zero-order chi connectivity index (χ0) is 13.3. The van der Waals surface area contributed by atoms with Crippen molar-refractivity contribution in [2.24, 2.45) is 11.7 Å². The molecule has 1 aliphatic heterocycles. The minimum atomic E-state index is 0.159. The van der Waals surface area contributed by atoms with E-state index in [2.05, 4.69) is 39.8 Å². The number of nitrogens with two attached hydrogens (primary N) is 1. The van der Waals surface area contributed by atoms with E-state index in [4.69, 9.17) is 10.5 Å². The molecule has 0 amide bonds. The Hall–Kier alpha value is -0.860. The Morgan fingerprint density at radius 2 is 1.89 bits per heavy atom. The summed E-state index contributed by atoms with van der Waals surface area (Å²) in [6.07, 6.45) is 1.12. The van der Waals surface area contributed by atoms with Gasteiger partial charge in [0.2, 0.25) is 0 Å². The van der Waals surface area contributed by atoms with Crippen LogP contribution in [0.1, 0.15) is 35.6 Å². The van der Waals surface area contributed by atoms with E-state index in [0.717, 1.165) is 26.2 Å². The maximum Gasteiger partial charge on any atom is 0.0588 e. The Balaban J connectivity index is 2.48. The molecule has 2 N–H and O–H groups in total. The van der Waals surface area contributed by atoms with E-state index in [1.54, 1.807) is 0 Å². The first-order valence-electron chi connectivity index (χ1n) is 6.92. The number of hydrogen-bond acceptors (Lipinski definition) is 2. The van der Waals surface area contributed by atoms with Gasteiger partial charge in [-0.15, -0.1) is 0 Å². The van der Waals surface area contributed by atoms with Gasteiger partial charge in [-0.05, 0) is 55.5 Å². The molecule has 0 aromatic heterocycles. The summed E-state index contributed by atoms with van der Waals surface area (Å²) in [5, 5.41) is 0. The average Bonchev–Trinajstić information content (AvgIpc) is 2.32. The molecule has 0 bridgehead atoms. The second kappa shape index (κ2) is 5.02. The predicted molar refractivity (Wildman–Crippen MR) is 76.0 cm³/mol. The van der Waals surface area contributed by atoms with Crippen LogP contribution in [0.3, 0.4) is 0 Å². The second-order valence-corrected chi connectivity index (χ2v) is 5.67. The van der Waals surface area contributed by atoms with E-state index in [1.165, 1.54) is 22.3 Å². The Morgan fingerprint density at radius 1 is 1.22 bits per heavy atom. The topological polar surface area (TPSA) is 35.2 Å². The summed E-state index contributed by atoms with van der Waals surface area (Å²) in [5.74, 6) is 0.520. The van der Waals surface area contributed by atoms with Crippen LogP contribution in [0.5, 0.6) is 0 Å². The minimum absolute atomic E-state index is 0.159. The van der Waals surface area contributed by atoms with Gasteiger partial charge in [-0.2, -0.15) is 0 Å². The Labute approximate surface area is 111 Å². The summed E-state index contributed by atoms with van der Waals surface area (Å²) < 4.78 is 5.55. The third-order valence-corrected chi connectivity index (χ3v) is 4.87. The molecule has 1 unspecified atom stereocenters. The molecule has 0 radical (unpaired) electrons. The number of benzene rings is 1. The highest BCUT2D eigenvalue weighted by Gasteiger charge is 2.46. The predicted octanol–water partition coefficient (Wildman–Crippen LogP) is 2.86. The van der Waals surface area contributed by atoms with Crippen molar-refractivity contribution in [1.82, 2.24) is 0 Å². The van der Waals surface area contributed by atoms with Crippen LogP contribution < -0.4 is 5.73 Å². The van der Waals surface area contributed by atoms with E-state index >= 15 is 0 Å². The fourth-order valence-corrected chi connectivity index (χ4v) is 3.21. The lowest BCUT2D eigenvalue weighted by Gasteiger charge is -2.48. The van der Waals surface area contributed by atoms with Gasteiger partial charge >= 0.3 is 0 Å². The number of hydrogen-bond donors (Lipinski definition) is 1. The van der Waals surface area contributed by atoms with Crippen molar-refractivity contribution >= 4 is 0 Å². The molecule has 2 nitrogen and oxygen atoms in total. The van der Waals surface area contributed by atoms with Crippen LogP contribution in [-0.2, 0) is 10.2 Å². The molecule has 2 rings (SSSR count). The summed E-state index contributed by atoms with van der Waals surface area (Å²) in [7, 11) is 0. The quantitative estimate of drug-likeness (QED) is 0.888. The van der Waals surface area contributed by atoms with Crippen molar-refractivity contribution < 1.29 is 4.74 Å². The number of rotatable bonds is 4. The summed E-state index contributed by atoms with van der Waals surface area (Å²) in [6.45, 7) is 11.3. The molecular weight excluding hydrogens is 222 g/mol. The second-order valence-electron chi connectivity index (χ2n) is 5.67. The maximum atomic E-state index is 5.98. The SMILES string of the molecule is CCC(CN)C1(c2ccc(C)c(C)c2C)COC1. The molecular formula is C16H25NO. The molecule has 0 spiro atoms. The third kappa shape index (κ3) is 1.88. The van der Waals surface area contributed by atoms with Crippen LogP contribution in [0.25, 0.3) is 0 Å². The largest absolute Gasteiger partial charge is 0.379 e. The molecule has 1 aliphatic rings. The summed E-state index contributed by atoms with van der Waals surface area (Å²) in [4.78, 5) is 0. The minimum Gasteiger partial charge on any atom is -0.379 e. The first-order valence-corrected chi connectivity index (χ1v) is 6.92. The first kappa shape index (κ1) is 13.6. The molecule has 1 fully saturated rings. The van der Waals surface area contributed by atoms with E-state index in [0.29, 0.717) is 5.92 Å². The van der Waals surface area contributed by atoms with Gasteiger partial charge in [-0.1, -0.05) is 25.5 Å². The monoisotopic (exact) mass is 247 g/mol. The molecule has 18 heavy (non-hydrogen) atoms. The van der Waals surface area contributed by atoms with Crippen molar-refractivity contribution in [3.8, 4) is 0 Å². The van der Waals surface area contributed by atoms with Crippen LogP contribution in [0.4, 0.5) is 0 Å². The number of aryl methyl sites for hydroxylation is 1. The Morgan fingerprint density at radius 3 is 2.33 bits per heavy atom. The zero-order valence-corrected chi connectivity index (χ0v) is 12.0. The van der Waals surface area contributed by atoms with Gasteiger partial charge < -0.3 is 10.5 Å². The van der Waals surface area contributed by atoms with Gasteiger partial charge in [0.1, 0.15) is 0 Å². The van der Waals surface area contributed by atoms with E-state index in [9.17, 15) is 0 Å². The fourth-order valence-electron chi connectivity index (χ4n) is 3.21. The lowest BCUT2D eigenvalue weighted by atomic mass is 9.66. The van der Waals surface area contributed by atoms with E-state index < -0.39 is 0 Å². The lowest BCUT2D eigenvalue weighted by molar-refractivity contribution is -0.0901. The highest BCUT2D eigenvalue weighted by atomic mass is 16.5. The lowest BCUT2D eigenvalue weighted by Crippen LogP contribution is -2.54. The summed E-state index contributed by atoms with van der Waals surface area (Å²) in [5.41, 5.74) is 11.8. The van der Waals surface area contributed by atoms with Crippen molar-refractivity contribution in [3.63, 3.8) is 0 Å². The van der Waals surface area contributed by atoms with Gasteiger partial charge in [0.25, 0.3) is 0 Å². The average molecular weight is 247 g/mol. The van der Waals surface area contributed by atoms with Gasteiger partial charge in [0, 0.05) is 5.41 Å². The van der Waals surface area contributed by atoms with Crippen LogP contribution in [0, 0.1) is 26.7 Å². The van der Waals surface area contributed by atoms with Gasteiger partial charge in [0.05, 0.1) is 13.2 Å². The standard InChI is InChI=1S/C16H25NO/c1-5-14(8-17)16(9-18-10-16)15-7-6-11(2)12(3)13(15)4/h6-7,14H,5,8-10,17H2,1-4H3. The molecule has 1 saturated heterocycles. The zero-order valence-electron chi connectivity index (χ0n) is 12.0. The van der Waals surface area contributed by atoms with Crippen LogP contribution >= 0.6 is 0 Å². The van der Waals surface area contributed by atoms with Crippen molar-refractivity contribution in [2.45, 2.75) is 39.5 Å². The van der Waals surface area contributed by atoms with Crippen molar-refractivity contribution in [2.75, 3.05) is 19.8 Å². The molecule has 1 atom stereocenters. The summed E-state index contributed by atoms with van der Waals surface area (Å²) in [6, 6.07) is 4.53. The van der Waals surface area contributed by atoms with Crippen LogP contribution in [-0.4, -0.2) is 19.8 Å². The maximum absolute atomic E-state index is 5.98. The molecule has 2 heteroatoms. The third-order valence-electron chi connectivity index (χ3n) is 4.87.